The number of piperidine rings is 1. The van der Waals surface area contributed by atoms with Gasteiger partial charge in [-0.25, -0.2) is 0 Å². The van der Waals surface area contributed by atoms with E-state index in [0.717, 1.165) is 25.9 Å². The second-order valence-electron chi connectivity index (χ2n) is 4.15. The van der Waals surface area contributed by atoms with Crippen LogP contribution in [0, 0.1) is 0 Å². The topological polar surface area (TPSA) is 58.6 Å². The lowest BCUT2D eigenvalue weighted by atomic mass is 10.1. The molecular weight excluding hydrogens is 208 g/mol. The molecule has 0 aromatic carbocycles. The quantitative estimate of drug-likeness (QED) is 0.549. The Bertz CT molecular complexity index is 256. The van der Waals surface area contributed by atoms with Crippen LogP contribution in [0.3, 0.4) is 0 Å². The van der Waals surface area contributed by atoms with Crippen LogP contribution in [0.25, 0.3) is 0 Å². The van der Waals surface area contributed by atoms with Crippen LogP contribution in [-0.2, 0) is 14.3 Å². The molecule has 1 aliphatic heterocycles. The Morgan fingerprint density at radius 2 is 2.25 bits per heavy atom. The summed E-state index contributed by atoms with van der Waals surface area (Å²) in [5.74, 6) is -0.692. The number of likely N-dealkylation sites (N-methyl/N-ethyl adjacent to an activating group) is 1. The molecule has 0 aromatic rings. The molecule has 1 unspecified atom stereocenters. The van der Waals surface area contributed by atoms with E-state index in [9.17, 15) is 9.59 Å². The van der Waals surface area contributed by atoms with Crippen molar-refractivity contribution in [3.8, 4) is 0 Å². The molecule has 1 N–H and O–H groups in total. The Morgan fingerprint density at radius 1 is 1.50 bits per heavy atom. The highest BCUT2D eigenvalue weighted by molar-refractivity contribution is 5.94. The first-order chi connectivity index (χ1) is 7.61. The number of carbonyl (C=O) groups is 2. The maximum atomic E-state index is 11.5. The minimum Gasteiger partial charge on any atom is -0.466 e. The number of hydrogen-bond donors (Lipinski definition) is 1. The molecule has 1 atom stereocenters. The first-order valence-electron chi connectivity index (χ1n) is 5.75. The lowest BCUT2D eigenvalue weighted by Gasteiger charge is -2.30. The Kier molecular flexibility index (Phi) is 5.25. The van der Waals surface area contributed by atoms with Crippen LogP contribution in [0.4, 0.5) is 0 Å². The lowest BCUT2D eigenvalue weighted by molar-refractivity contribution is -0.146. The molecular formula is C11H20N2O3. The molecule has 0 aliphatic carbocycles. The fourth-order valence-electron chi connectivity index (χ4n) is 1.91. The lowest BCUT2D eigenvalue weighted by Crippen LogP contribution is -2.46. The van der Waals surface area contributed by atoms with Crippen LogP contribution < -0.4 is 5.32 Å². The van der Waals surface area contributed by atoms with E-state index in [0.29, 0.717) is 6.61 Å². The fraction of sp³-hybridized carbons (Fsp3) is 0.818. The average molecular weight is 228 g/mol. The zero-order valence-corrected chi connectivity index (χ0v) is 9.99. The van der Waals surface area contributed by atoms with E-state index in [-0.39, 0.29) is 18.4 Å². The number of carbonyl (C=O) groups excluding carboxylic acids is 2. The van der Waals surface area contributed by atoms with Crippen molar-refractivity contribution >= 4 is 11.9 Å². The second-order valence-corrected chi connectivity index (χ2v) is 4.15. The fourth-order valence-corrected chi connectivity index (χ4v) is 1.91. The van der Waals surface area contributed by atoms with Gasteiger partial charge in [0.1, 0.15) is 6.42 Å². The summed E-state index contributed by atoms with van der Waals surface area (Å²) in [6, 6.07) is 0.167. The van der Waals surface area contributed by atoms with Gasteiger partial charge >= 0.3 is 5.97 Å². The van der Waals surface area contributed by atoms with Crippen LogP contribution in [0.1, 0.15) is 26.2 Å². The third-order valence-corrected chi connectivity index (χ3v) is 2.60. The minimum absolute atomic E-state index is 0.167. The minimum atomic E-state index is -0.454. The number of ether oxygens (including phenoxy) is 1. The standard InChI is InChI=1S/C11H20N2O3/c1-3-16-11(15)7-10(14)12-9-5-4-6-13(2)8-9/h9H,3-8H2,1-2H3,(H,12,14). The number of nitrogens with one attached hydrogen (secondary N) is 1. The number of nitrogens with zero attached hydrogens (tertiary/aromatic N) is 1. The zero-order valence-electron chi connectivity index (χ0n) is 9.99. The van der Waals surface area contributed by atoms with Crippen molar-refractivity contribution in [1.82, 2.24) is 10.2 Å². The summed E-state index contributed by atoms with van der Waals surface area (Å²) in [4.78, 5) is 24.7. The molecule has 5 heteroatoms. The van der Waals surface area contributed by atoms with Crippen molar-refractivity contribution in [3.63, 3.8) is 0 Å². The van der Waals surface area contributed by atoms with Crippen molar-refractivity contribution in [2.45, 2.75) is 32.2 Å². The third kappa shape index (κ3) is 4.61. The van der Waals surface area contributed by atoms with E-state index in [2.05, 4.69) is 10.2 Å². The van der Waals surface area contributed by atoms with Crippen LogP contribution in [0.15, 0.2) is 0 Å². The Labute approximate surface area is 96.1 Å². The molecule has 1 fully saturated rings. The summed E-state index contributed by atoms with van der Waals surface area (Å²) in [5, 5.41) is 2.86. The molecule has 0 aromatic heterocycles. The van der Waals surface area contributed by atoms with Gasteiger partial charge in [-0.3, -0.25) is 9.59 Å². The molecule has 0 bridgehead atoms. The maximum Gasteiger partial charge on any atom is 0.315 e. The molecule has 1 saturated heterocycles. The predicted octanol–water partition coefficient (Wildman–Crippen LogP) is 0.150. The smallest absolute Gasteiger partial charge is 0.315 e. The van der Waals surface area contributed by atoms with E-state index in [1.165, 1.54) is 0 Å². The first kappa shape index (κ1) is 13.0. The molecule has 0 spiro atoms. The Balaban J connectivity index is 2.25. The predicted molar refractivity (Wildman–Crippen MR) is 59.9 cm³/mol. The largest absolute Gasteiger partial charge is 0.466 e. The van der Waals surface area contributed by atoms with Gasteiger partial charge in [0.15, 0.2) is 0 Å². The van der Waals surface area contributed by atoms with Gasteiger partial charge in [-0.1, -0.05) is 0 Å². The van der Waals surface area contributed by atoms with Crippen molar-refractivity contribution < 1.29 is 14.3 Å². The summed E-state index contributed by atoms with van der Waals surface area (Å²) >= 11 is 0. The van der Waals surface area contributed by atoms with Gasteiger partial charge < -0.3 is 15.0 Å². The monoisotopic (exact) mass is 228 g/mol. The van der Waals surface area contributed by atoms with E-state index < -0.39 is 5.97 Å². The van der Waals surface area contributed by atoms with Crippen molar-refractivity contribution in [2.24, 2.45) is 0 Å². The highest BCUT2D eigenvalue weighted by Gasteiger charge is 2.20. The van der Waals surface area contributed by atoms with Gasteiger partial charge in [-0.2, -0.15) is 0 Å². The maximum absolute atomic E-state index is 11.5. The molecule has 1 aliphatic rings. The highest BCUT2D eigenvalue weighted by Crippen LogP contribution is 2.07. The molecule has 0 saturated carbocycles. The number of rotatable bonds is 4. The number of hydrogen-bond acceptors (Lipinski definition) is 4. The summed E-state index contributed by atoms with van der Waals surface area (Å²) in [5.41, 5.74) is 0. The molecule has 92 valence electrons. The molecule has 1 heterocycles. The third-order valence-electron chi connectivity index (χ3n) is 2.60. The number of amides is 1. The molecule has 0 radical (unpaired) electrons. The van der Waals surface area contributed by atoms with Gasteiger partial charge in [0, 0.05) is 12.6 Å². The van der Waals surface area contributed by atoms with Crippen LogP contribution in [0.5, 0.6) is 0 Å². The van der Waals surface area contributed by atoms with E-state index in [1.807, 2.05) is 7.05 Å². The first-order valence-corrected chi connectivity index (χ1v) is 5.75. The SMILES string of the molecule is CCOC(=O)CC(=O)NC1CCCN(C)C1. The summed E-state index contributed by atoms with van der Waals surface area (Å²) in [6.45, 7) is 3.98. The van der Waals surface area contributed by atoms with Crippen molar-refractivity contribution in [1.29, 1.82) is 0 Å². The van der Waals surface area contributed by atoms with Crippen molar-refractivity contribution in [2.75, 3.05) is 26.7 Å². The van der Waals surface area contributed by atoms with Gasteiger partial charge in [0.2, 0.25) is 5.91 Å². The number of likely N-dealkylation sites (tertiary alicyclic amines) is 1. The normalized spacial score (nSPS) is 21.5. The zero-order chi connectivity index (χ0) is 12.0. The summed E-state index contributed by atoms with van der Waals surface area (Å²) in [6.07, 6.45) is 1.90. The van der Waals surface area contributed by atoms with Gasteiger partial charge in [0.25, 0.3) is 0 Å². The van der Waals surface area contributed by atoms with Gasteiger partial charge in [-0.05, 0) is 33.4 Å². The van der Waals surface area contributed by atoms with Crippen LogP contribution in [0.2, 0.25) is 0 Å². The van der Waals surface area contributed by atoms with E-state index >= 15 is 0 Å². The van der Waals surface area contributed by atoms with Gasteiger partial charge in [-0.15, -0.1) is 0 Å². The van der Waals surface area contributed by atoms with Gasteiger partial charge in [0.05, 0.1) is 6.61 Å². The van der Waals surface area contributed by atoms with Crippen LogP contribution in [-0.4, -0.2) is 49.6 Å². The van der Waals surface area contributed by atoms with Crippen LogP contribution >= 0.6 is 0 Å². The molecule has 16 heavy (non-hydrogen) atoms. The second kappa shape index (κ2) is 6.48. The average Bonchev–Trinajstić information content (AvgIpc) is 2.17. The Morgan fingerprint density at radius 3 is 2.88 bits per heavy atom. The highest BCUT2D eigenvalue weighted by atomic mass is 16.5. The molecule has 5 nitrogen and oxygen atoms in total. The van der Waals surface area contributed by atoms with E-state index in [4.69, 9.17) is 4.74 Å². The van der Waals surface area contributed by atoms with E-state index in [1.54, 1.807) is 6.92 Å². The number of esters is 1. The molecule has 1 amide bonds. The summed E-state index contributed by atoms with van der Waals surface area (Å²) in [7, 11) is 2.03. The molecule has 1 rings (SSSR count). The Hall–Kier alpha value is -1.10. The summed E-state index contributed by atoms with van der Waals surface area (Å²) < 4.78 is 4.71. The van der Waals surface area contributed by atoms with Crippen molar-refractivity contribution in [3.05, 3.63) is 0 Å².